The maximum absolute atomic E-state index is 5.72. The van der Waals surface area contributed by atoms with Crippen LogP contribution in [0.1, 0.15) is 18.2 Å². The molecule has 1 saturated heterocycles. The number of nitrogens with one attached hydrogen (secondary N) is 1. The molecule has 1 N–H and O–H groups in total. The molecule has 0 unspecified atom stereocenters. The molecule has 0 aliphatic carbocycles. The molecule has 1 fully saturated rings. The Morgan fingerprint density at radius 3 is 2.76 bits per heavy atom. The lowest BCUT2D eigenvalue weighted by Gasteiger charge is -2.35. The van der Waals surface area contributed by atoms with Crippen molar-refractivity contribution in [2.75, 3.05) is 51.4 Å². The summed E-state index contributed by atoms with van der Waals surface area (Å²) in [4.78, 5) is 17.1. The van der Waals surface area contributed by atoms with Gasteiger partial charge in [-0.15, -0.1) is 0 Å². The van der Waals surface area contributed by atoms with Crippen LogP contribution < -0.4 is 9.64 Å². The maximum Gasteiger partial charge on any atom is 0.135 e. The zero-order chi connectivity index (χ0) is 20.1. The average Bonchev–Trinajstić information content (AvgIpc) is 3.16. The maximum atomic E-state index is 5.72. The fraction of sp³-hybridized carbons (Fsp3) is 0.455. The average molecular weight is 396 g/mol. The number of methoxy groups -OCH3 is 1. The Morgan fingerprint density at radius 2 is 1.97 bits per heavy atom. The summed E-state index contributed by atoms with van der Waals surface area (Å²) in [6, 6.07) is 8.42. The van der Waals surface area contributed by atoms with Crippen LogP contribution in [-0.2, 0) is 17.7 Å². The molecule has 0 spiro atoms. The number of rotatable bonds is 8. The molecule has 0 atom stereocenters. The molecular weight excluding hydrogens is 366 g/mol. The second kappa shape index (κ2) is 9.24. The van der Waals surface area contributed by atoms with Gasteiger partial charge in [-0.25, -0.2) is 9.97 Å². The monoisotopic (exact) mass is 395 g/mol. The zero-order valence-corrected chi connectivity index (χ0v) is 17.2. The minimum atomic E-state index is 0.561. The van der Waals surface area contributed by atoms with Crippen molar-refractivity contribution in [1.82, 2.24) is 19.9 Å². The quantitative estimate of drug-likeness (QED) is 0.592. The van der Waals surface area contributed by atoms with E-state index in [1.54, 1.807) is 13.4 Å². The molecule has 1 aliphatic heterocycles. The molecule has 7 nitrogen and oxygen atoms in total. The number of nitrogens with zero attached hydrogens (tertiary/aromatic N) is 4. The number of hydrogen-bond donors (Lipinski definition) is 1. The van der Waals surface area contributed by atoms with Crippen molar-refractivity contribution in [1.29, 1.82) is 0 Å². The van der Waals surface area contributed by atoms with E-state index in [-0.39, 0.29) is 0 Å². The summed E-state index contributed by atoms with van der Waals surface area (Å²) in [6.45, 7) is 8.25. The van der Waals surface area contributed by atoms with Gasteiger partial charge in [-0.2, -0.15) is 0 Å². The number of hydrogen-bond acceptors (Lipinski definition) is 6. The molecule has 7 heteroatoms. The highest BCUT2D eigenvalue weighted by Gasteiger charge is 2.20. The summed E-state index contributed by atoms with van der Waals surface area (Å²) < 4.78 is 10.8. The van der Waals surface area contributed by atoms with Crippen molar-refractivity contribution >= 4 is 16.7 Å². The molecule has 3 aromatic rings. The van der Waals surface area contributed by atoms with E-state index in [4.69, 9.17) is 9.47 Å². The number of ether oxygens (including phenoxy) is 2. The third-order valence-electron chi connectivity index (χ3n) is 5.42. The smallest absolute Gasteiger partial charge is 0.135 e. The van der Waals surface area contributed by atoms with E-state index in [0.717, 1.165) is 56.2 Å². The van der Waals surface area contributed by atoms with Crippen LogP contribution in [0.5, 0.6) is 5.75 Å². The second-order valence-corrected chi connectivity index (χ2v) is 7.37. The summed E-state index contributed by atoms with van der Waals surface area (Å²) in [6.07, 6.45) is 4.55. The van der Waals surface area contributed by atoms with Crippen LogP contribution in [0.25, 0.3) is 10.9 Å². The predicted molar refractivity (Wildman–Crippen MR) is 115 cm³/mol. The fourth-order valence-electron chi connectivity index (χ4n) is 3.83. The normalized spacial score (nSPS) is 15.2. The third kappa shape index (κ3) is 4.68. The predicted octanol–water partition coefficient (Wildman–Crippen LogP) is 2.87. The molecule has 0 saturated carbocycles. The highest BCUT2D eigenvalue weighted by Crippen LogP contribution is 2.23. The van der Waals surface area contributed by atoms with Gasteiger partial charge < -0.3 is 19.4 Å². The Bertz CT molecular complexity index is 934. The van der Waals surface area contributed by atoms with E-state index in [1.165, 1.54) is 16.6 Å². The SMILES string of the molecule is CCc1cncnc1N1CCN(Cc2cc3ccc(OCCOC)cc3[nH]2)CC1. The summed E-state index contributed by atoms with van der Waals surface area (Å²) in [5.41, 5.74) is 3.57. The molecule has 2 aromatic heterocycles. The van der Waals surface area contributed by atoms with Crippen LogP contribution >= 0.6 is 0 Å². The minimum absolute atomic E-state index is 0.561. The molecule has 29 heavy (non-hydrogen) atoms. The summed E-state index contributed by atoms with van der Waals surface area (Å²) in [7, 11) is 1.68. The van der Waals surface area contributed by atoms with Gasteiger partial charge in [-0.3, -0.25) is 4.90 Å². The first-order valence-corrected chi connectivity index (χ1v) is 10.3. The molecule has 154 valence electrons. The minimum Gasteiger partial charge on any atom is -0.491 e. The van der Waals surface area contributed by atoms with Crippen LogP contribution in [0.3, 0.4) is 0 Å². The van der Waals surface area contributed by atoms with Gasteiger partial charge in [0, 0.05) is 68.9 Å². The lowest BCUT2D eigenvalue weighted by molar-refractivity contribution is 0.146. The van der Waals surface area contributed by atoms with Gasteiger partial charge in [0.15, 0.2) is 0 Å². The first-order chi connectivity index (χ1) is 14.3. The lowest BCUT2D eigenvalue weighted by atomic mass is 10.2. The van der Waals surface area contributed by atoms with Gasteiger partial charge in [0.2, 0.25) is 0 Å². The van der Waals surface area contributed by atoms with Gasteiger partial charge in [0.05, 0.1) is 6.61 Å². The van der Waals surface area contributed by atoms with E-state index < -0.39 is 0 Å². The topological polar surface area (TPSA) is 66.5 Å². The van der Waals surface area contributed by atoms with Crippen LogP contribution in [0.2, 0.25) is 0 Å². The van der Waals surface area contributed by atoms with Gasteiger partial charge in [0.25, 0.3) is 0 Å². The number of fused-ring (bicyclic) bond motifs is 1. The van der Waals surface area contributed by atoms with E-state index >= 15 is 0 Å². The number of aryl methyl sites for hydroxylation is 1. The Kier molecular flexibility index (Phi) is 6.27. The van der Waals surface area contributed by atoms with Gasteiger partial charge >= 0.3 is 0 Å². The van der Waals surface area contributed by atoms with Gasteiger partial charge in [-0.1, -0.05) is 6.92 Å². The van der Waals surface area contributed by atoms with Crippen molar-refractivity contribution in [3.8, 4) is 5.75 Å². The van der Waals surface area contributed by atoms with Crippen LogP contribution in [-0.4, -0.2) is 66.4 Å². The molecule has 4 rings (SSSR count). The Balaban J connectivity index is 1.36. The van der Waals surface area contributed by atoms with Crippen molar-refractivity contribution in [3.05, 3.63) is 48.0 Å². The van der Waals surface area contributed by atoms with Crippen LogP contribution in [0.4, 0.5) is 5.82 Å². The van der Waals surface area contributed by atoms with E-state index in [2.05, 4.69) is 49.9 Å². The fourth-order valence-corrected chi connectivity index (χ4v) is 3.83. The van der Waals surface area contributed by atoms with E-state index in [0.29, 0.717) is 13.2 Å². The number of anilines is 1. The van der Waals surface area contributed by atoms with E-state index in [1.807, 2.05) is 12.3 Å². The molecule has 1 aromatic carbocycles. The Hall–Kier alpha value is -2.64. The molecule has 1 aliphatic rings. The number of benzene rings is 1. The standard InChI is InChI=1S/C22H29N5O2/c1-3-17-14-23-16-24-22(17)27-8-6-26(7-9-27)15-19-12-18-4-5-20(13-21(18)25-19)29-11-10-28-2/h4-5,12-14,16,25H,3,6-11,15H2,1-2H3. The molecular formula is C22H29N5O2. The summed E-state index contributed by atoms with van der Waals surface area (Å²) in [5.74, 6) is 1.96. The Labute approximate surface area is 171 Å². The largest absolute Gasteiger partial charge is 0.491 e. The number of aromatic nitrogens is 3. The van der Waals surface area contributed by atoms with Gasteiger partial charge in [0.1, 0.15) is 24.5 Å². The first-order valence-electron chi connectivity index (χ1n) is 10.3. The number of piperazine rings is 1. The Morgan fingerprint density at radius 1 is 1.10 bits per heavy atom. The zero-order valence-electron chi connectivity index (χ0n) is 17.2. The van der Waals surface area contributed by atoms with Crippen molar-refractivity contribution in [2.45, 2.75) is 19.9 Å². The third-order valence-corrected chi connectivity index (χ3v) is 5.42. The number of H-pyrrole nitrogens is 1. The van der Waals surface area contributed by atoms with Crippen molar-refractivity contribution in [2.24, 2.45) is 0 Å². The van der Waals surface area contributed by atoms with Crippen LogP contribution in [0.15, 0.2) is 36.8 Å². The highest BCUT2D eigenvalue weighted by molar-refractivity contribution is 5.81. The second-order valence-electron chi connectivity index (χ2n) is 7.37. The summed E-state index contributed by atoms with van der Waals surface area (Å²) in [5, 5.41) is 1.21. The van der Waals surface area contributed by atoms with Gasteiger partial charge in [-0.05, 0) is 30.0 Å². The molecule has 3 heterocycles. The molecule has 0 radical (unpaired) electrons. The molecule has 0 amide bonds. The summed E-state index contributed by atoms with van der Waals surface area (Å²) >= 11 is 0. The lowest BCUT2D eigenvalue weighted by Crippen LogP contribution is -2.46. The van der Waals surface area contributed by atoms with Crippen molar-refractivity contribution in [3.63, 3.8) is 0 Å². The van der Waals surface area contributed by atoms with Crippen LogP contribution in [0, 0.1) is 0 Å². The van der Waals surface area contributed by atoms with Crippen molar-refractivity contribution < 1.29 is 9.47 Å². The van der Waals surface area contributed by atoms with E-state index in [9.17, 15) is 0 Å². The highest BCUT2D eigenvalue weighted by atomic mass is 16.5. The first kappa shape index (κ1) is 19.7. The number of aromatic amines is 1. The molecule has 0 bridgehead atoms.